The molecule has 1 rings (SSSR count). The lowest BCUT2D eigenvalue weighted by molar-refractivity contribution is 0.264. The van der Waals surface area contributed by atoms with Crippen molar-refractivity contribution in [2.24, 2.45) is 11.7 Å². The van der Waals surface area contributed by atoms with Crippen LogP contribution in [0.15, 0.2) is 18.2 Å². The Balaban J connectivity index is 2.78. The molecule has 1 aromatic carbocycles. The van der Waals surface area contributed by atoms with E-state index in [9.17, 15) is 0 Å². The first-order valence-electron chi connectivity index (χ1n) is 6.76. The quantitative estimate of drug-likeness (QED) is 0.772. The highest BCUT2D eigenvalue weighted by atomic mass is 16.5. The maximum atomic E-state index is 5.84. The summed E-state index contributed by atoms with van der Waals surface area (Å²) in [5, 5.41) is 0. The van der Waals surface area contributed by atoms with Crippen LogP contribution in [-0.4, -0.2) is 19.8 Å². The Bertz CT molecular complexity index is 350. The Labute approximate surface area is 110 Å². The van der Waals surface area contributed by atoms with Crippen molar-refractivity contribution in [3.05, 3.63) is 23.8 Å². The van der Waals surface area contributed by atoms with Gasteiger partial charge in [0.15, 0.2) is 0 Å². The molecule has 0 bridgehead atoms. The fourth-order valence-corrected chi connectivity index (χ4v) is 1.60. The van der Waals surface area contributed by atoms with Crippen LogP contribution in [0.5, 0.6) is 11.5 Å². The Morgan fingerprint density at radius 1 is 1.22 bits per heavy atom. The largest absolute Gasteiger partial charge is 0.493 e. The maximum Gasteiger partial charge on any atom is 0.126 e. The minimum atomic E-state index is 0.510. The van der Waals surface area contributed by atoms with Crippen LogP contribution in [0.3, 0.4) is 0 Å². The normalized spacial score (nSPS) is 10.7. The van der Waals surface area contributed by atoms with Crippen LogP contribution in [0.4, 0.5) is 0 Å². The molecule has 18 heavy (non-hydrogen) atoms. The lowest BCUT2D eigenvalue weighted by Crippen LogP contribution is -2.09. The summed E-state index contributed by atoms with van der Waals surface area (Å²) in [7, 11) is 0. The van der Waals surface area contributed by atoms with Crippen molar-refractivity contribution in [2.45, 2.75) is 33.6 Å². The van der Waals surface area contributed by atoms with E-state index in [0.29, 0.717) is 12.5 Å². The van der Waals surface area contributed by atoms with Gasteiger partial charge >= 0.3 is 0 Å². The van der Waals surface area contributed by atoms with Gasteiger partial charge in [-0.3, -0.25) is 0 Å². The van der Waals surface area contributed by atoms with E-state index in [1.807, 2.05) is 18.2 Å². The third-order valence-corrected chi connectivity index (χ3v) is 2.50. The van der Waals surface area contributed by atoms with Gasteiger partial charge < -0.3 is 15.2 Å². The molecule has 0 aliphatic carbocycles. The smallest absolute Gasteiger partial charge is 0.126 e. The SMILES string of the molecule is CCCOc1ccc(CCN)c(OCC(C)C)c1. The number of hydrogen-bond acceptors (Lipinski definition) is 3. The Kier molecular flexibility index (Phi) is 6.58. The van der Waals surface area contributed by atoms with Gasteiger partial charge in [-0.2, -0.15) is 0 Å². The minimum absolute atomic E-state index is 0.510. The third-order valence-electron chi connectivity index (χ3n) is 2.50. The summed E-state index contributed by atoms with van der Waals surface area (Å²) >= 11 is 0. The van der Waals surface area contributed by atoms with Crippen LogP contribution in [-0.2, 0) is 6.42 Å². The van der Waals surface area contributed by atoms with Crippen molar-refractivity contribution in [2.75, 3.05) is 19.8 Å². The van der Waals surface area contributed by atoms with Crippen molar-refractivity contribution in [1.29, 1.82) is 0 Å². The van der Waals surface area contributed by atoms with Crippen LogP contribution in [0.1, 0.15) is 32.8 Å². The van der Waals surface area contributed by atoms with E-state index in [-0.39, 0.29) is 0 Å². The fraction of sp³-hybridized carbons (Fsp3) is 0.600. The molecule has 0 fully saturated rings. The van der Waals surface area contributed by atoms with E-state index in [0.717, 1.165) is 43.1 Å². The van der Waals surface area contributed by atoms with Gasteiger partial charge in [0.1, 0.15) is 11.5 Å². The molecule has 0 aromatic heterocycles. The lowest BCUT2D eigenvalue weighted by Gasteiger charge is -2.14. The average molecular weight is 251 g/mol. The number of nitrogens with two attached hydrogens (primary N) is 1. The third kappa shape index (κ3) is 4.96. The Morgan fingerprint density at radius 2 is 2.00 bits per heavy atom. The zero-order valence-corrected chi connectivity index (χ0v) is 11.7. The van der Waals surface area contributed by atoms with Gasteiger partial charge in [-0.25, -0.2) is 0 Å². The second-order valence-electron chi connectivity index (χ2n) is 4.86. The first-order chi connectivity index (χ1) is 8.67. The van der Waals surface area contributed by atoms with Crippen molar-refractivity contribution in [3.8, 4) is 11.5 Å². The molecule has 0 saturated carbocycles. The van der Waals surface area contributed by atoms with E-state index in [1.165, 1.54) is 0 Å². The van der Waals surface area contributed by atoms with E-state index in [4.69, 9.17) is 15.2 Å². The summed E-state index contributed by atoms with van der Waals surface area (Å²) in [6.07, 6.45) is 1.84. The molecule has 3 heteroatoms. The van der Waals surface area contributed by atoms with Crippen molar-refractivity contribution in [1.82, 2.24) is 0 Å². The zero-order chi connectivity index (χ0) is 13.4. The zero-order valence-electron chi connectivity index (χ0n) is 11.7. The van der Waals surface area contributed by atoms with Crippen LogP contribution < -0.4 is 15.2 Å². The summed E-state index contributed by atoms with van der Waals surface area (Å²) < 4.78 is 11.5. The van der Waals surface area contributed by atoms with Gasteiger partial charge in [0.2, 0.25) is 0 Å². The maximum absolute atomic E-state index is 5.84. The topological polar surface area (TPSA) is 44.5 Å². The van der Waals surface area contributed by atoms with Gasteiger partial charge in [-0.05, 0) is 36.9 Å². The summed E-state index contributed by atoms with van der Waals surface area (Å²) in [5.74, 6) is 2.29. The average Bonchev–Trinajstić information content (AvgIpc) is 2.36. The van der Waals surface area contributed by atoms with Gasteiger partial charge in [0.25, 0.3) is 0 Å². The Hall–Kier alpha value is -1.22. The van der Waals surface area contributed by atoms with E-state index in [1.54, 1.807) is 0 Å². The molecule has 0 saturated heterocycles. The molecule has 0 aliphatic heterocycles. The van der Waals surface area contributed by atoms with Gasteiger partial charge in [0.05, 0.1) is 13.2 Å². The van der Waals surface area contributed by atoms with Crippen molar-refractivity contribution in [3.63, 3.8) is 0 Å². The number of hydrogen-bond donors (Lipinski definition) is 1. The van der Waals surface area contributed by atoms with Crippen LogP contribution in [0.25, 0.3) is 0 Å². The Morgan fingerprint density at radius 3 is 2.61 bits per heavy atom. The second kappa shape index (κ2) is 7.98. The predicted molar refractivity (Wildman–Crippen MR) is 75.3 cm³/mol. The molecule has 2 N–H and O–H groups in total. The van der Waals surface area contributed by atoms with Crippen LogP contribution in [0.2, 0.25) is 0 Å². The molecular formula is C15H25NO2. The predicted octanol–water partition coefficient (Wildman–Crippen LogP) is 3.01. The summed E-state index contributed by atoms with van der Waals surface area (Å²) in [6, 6.07) is 6.01. The first kappa shape index (κ1) is 14.8. The fourth-order valence-electron chi connectivity index (χ4n) is 1.60. The van der Waals surface area contributed by atoms with Crippen LogP contribution in [0, 0.1) is 5.92 Å². The molecule has 0 unspecified atom stereocenters. The lowest BCUT2D eigenvalue weighted by atomic mass is 10.1. The van der Waals surface area contributed by atoms with Crippen LogP contribution >= 0.6 is 0 Å². The highest BCUT2D eigenvalue weighted by Crippen LogP contribution is 2.26. The molecule has 0 heterocycles. The molecule has 0 amide bonds. The van der Waals surface area contributed by atoms with E-state index < -0.39 is 0 Å². The monoisotopic (exact) mass is 251 g/mol. The van der Waals surface area contributed by atoms with E-state index in [2.05, 4.69) is 20.8 Å². The standard InChI is InChI=1S/C15H25NO2/c1-4-9-17-14-6-5-13(7-8-16)15(10-14)18-11-12(2)3/h5-6,10,12H,4,7-9,11,16H2,1-3H3. The molecule has 3 nitrogen and oxygen atoms in total. The molecule has 0 radical (unpaired) electrons. The number of rotatable bonds is 8. The minimum Gasteiger partial charge on any atom is -0.493 e. The van der Waals surface area contributed by atoms with Gasteiger partial charge in [0, 0.05) is 6.07 Å². The molecule has 102 valence electrons. The van der Waals surface area contributed by atoms with E-state index >= 15 is 0 Å². The summed E-state index contributed by atoms with van der Waals surface area (Å²) in [6.45, 7) is 8.46. The first-order valence-corrected chi connectivity index (χ1v) is 6.76. The molecule has 0 spiro atoms. The van der Waals surface area contributed by atoms with Gasteiger partial charge in [-0.1, -0.05) is 26.8 Å². The molecular weight excluding hydrogens is 226 g/mol. The summed E-state index contributed by atoms with van der Waals surface area (Å²) in [4.78, 5) is 0. The van der Waals surface area contributed by atoms with Crippen molar-refractivity contribution < 1.29 is 9.47 Å². The molecule has 0 atom stereocenters. The van der Waals surface area contributed by atoms with Crippen molar-refractivity contribution >= 4 is 0 Å². The highest BCUT2D eigenvalue weighted by molar-refractivity contribution is 5.41. The molecule has 0 aliphatic rings. The second-order valence-corrected chi connectivity index (χ2v) is 4.86. The highest BCUT2D eigenvalue weighted by Gasteiger charge is 2.06. The molecule has 1 aromatic rings. The van der Waals surface area contributed by atoms with Gasteiger partial charge in [-0.15, -0.1) is 0 Å². The number of benzene rings is 1. The summed E-state index contributed by atoms with van der Waals surface area (Å²) in [5.41, 5.74) is 6.77. The number of ether oxygens (including phenoxy) is 2.